The molecule has 0 fully saturated rings. The standard InChI is InChI=1S/C19H23NO3S/c20-12-5-13-23-19-9-4-6-15-10-11-17(14-18(15)19)24(21,22)16-7-2-1-3-8-16/h1-3,7-8,10-11,14,19H,4-6,9,12-13,20H2. The molecule has 3 rings (SSSR count). The Morgan fingerprint density at radius 1 is 1.08 bits per heavy atom. The van der Waals surface area contributed by atoms with E-state index in [0.29, 0.717) is 22.9 Å². The molecule has 0 amide bonds. The van der Waals surface area contributed by atoms with Gasteiger partial charge in [0.1, 0.15) is 0 Å². The van der Waals surface area contributed by atoms with E-state index in [1.54, 1.807) is 36.4 Å². The normalized spacial score (nSPS) is 17.5. The number of ether oxygens (including phenoxy) is 1. The Balaban J connectivity index is 1.93. The van der Waals surface area contributed by atoms with E-state index in [1.807, 2.05) is 12.1 Å². The lowest BCUT2D eigenvalue weighted by molar-refractivity contribution is 0.0401. The van der Waals surface area contributed by atoms with Crippen LogP contribution in [0.3, 0.4) is 0 Å². The van der Waals surface area contributed by atoms with E-state index >= 15 is 0 Å². The van der Waals surface area contributed by atoms with Crippen molar-refractivity contribution in [2.75, 3.05) is 13.2 Å². The molecule has 2 aromatic carbocycles. The first-order valence-electron chi connectivity index (χ1n) is 8.37. The van der Waals surface area contributed by atoms with Gasteiger partial charge in [0, 0.05) is 6.61 Å². The van der Waals surface area contributed by atoms with Crippen LogP contribution >= 0.6 is 0 Å². The van der Waals surface area contributed by atoms with E-state index in [0.717, 1.165) is 31.2 Å². The molecule has 0 aromatic heterocycles. The van der Waals surface area contributed by atoms with Crippen LogP contribution in [0.4, 0.5) is 0 Å². The molecule has 24 heavy (non-hydrogen) atoms. The molecule has 1 aliphatic carbocycles. The second-order valence-corrected chi connectivity index (χ2v) is 8.02. The van der Waals surface area contributed by atoms with Crippen molar-refractivity contribution in [1.82, 2.24) is 0 Å². The van der Waals surface area contributed by atoms with Gasteiger partial charge in [0.15, 0.2) is 0 Å². The molecule has 128 valence electrons. The van der Waals surface area contributed by atoms with Crippen molar-refractivity contribution in [2.45, 2.75) is 41.6 Å². The summed E-state index contributed by atoms with van der Waals surface area (Å²) >= 11 is 0. The number of benzene rings is 2. The lowest BCUT2D eigenvalue weighted by Crippen LogP contribution is -2.16. The average molecular weight is 345 g/mol. The van der Waals surface area contributed by atoms with Gasteiger partial charge in [-0.1, -0.05) is 24.3 Å². The van der Waals surface area contributed by atoms with Gasteiger partial charge < -0.3 is 10.5 Å². The highest BCUT2D eigenvalue weighted by Gasteiger charge is 2.24. The van der Waals surface area contributed by atoms with E-state index in [-0.39, 0.29) is 6.10 Å². The predicted octanol–water partition coefficient (Wildman–Crippen LogP) is 3.26. The van der Waals surface area contributed by atoms with Gasteiger partial charge >= 0.3 is 0 Å². The SMILES string of the molecule is NCCCOC1CCCc2ccc(S(=O)(=O)c3ccccc3)cc21. The molecule has 2 aromatic rings. The van der Waals surface area contributed by atoms with Gasteiger partial charge in [-0.2, -0.15) is 0 Å². The van der Waals surface area contributed by atoms with Gasteiger partial charge in [0.05, 0.1) is 15.9 Å². The zero-order chi connectivity index (χ0) is 17.0. The van der Waals surface area contributed by atoms with E-state index in [4.69, 9.17) is 10.5 Å². The van der Waals surface area contributed by atoms with Crippen LogP contribution in [-0.4, -0.2) is 21.6 Å². The van der Waals surface area contributed by atoms with Crippen LogP contribution in [0.15, 0.2) is 58.3 Å². The highest BCUT2D eigenvalue weighted by Crippen LogP contribution is 2.35. The van der Waals surface area contributed by atoms with Gasteiger partial charge in [-0.15, -0.1) is 0 Å². The molecule has 5 heteroatoms. The molecule has 0 spiro atoms. The van der Waals surface area contributed by atoms with Gasteiger partial charge in [0.2, 0.25) is 9.84 Å². The van der Waals surface area contributed by atoms with Crippen molar-refractivity contribution in [3.8, 4) is 0 Å². The van der Waals surface area contributed by atoms with Crippen LogP contribution in [-0.2, 0) is 21.0 Å². The summed E-state index contributed by atoms with van der Waals surface area (Å²) in [5.74, 6) is 0. The Morgan fingerprint density at radius 2 is 1.88 bits per heavy atom. The largest absolute Gasteiger partial charge is 0.373 e. The monoisotopic (exact) mass is 345 g/mol. The summed E-state index contributed by atoms with van der Waals surface area (Å²) in [5.41, 5.74) is 7.72. The van der Waals surface area contributed by atoms with E-state index in [1.165, 1.54) is 5.56 Å². The quantitative estimate of drug-likeness (QED) is 0.816. The molecule has 0 radical (unpaired) electrons. The van der Waals surface area contributed by atoms with E-state index in [2.05, 4.69) is 0 Å². The molecule has 2 N–H and O–H groups in total. The molecule has 4 nitrogen and oxygen atoms in total. The van der Waals surface area contributed by atoms with Crippen LogP contribution in [0.5, 0.6) is 0 Å². The molecule has 0 saturated carbocycles. The van der Waals surface area contributed by atoms with Gasteiger partial charge in [-0.3, -0.25) is 0 Å². The summed E-state index contributed by atoms with van der Waals surface area (Å²) in [7, 11) is -3.50. The number of hydrogen-bond donors (Lipinski definition) is 1. The third-order valence-electron chi connectivity index (χ3n) is 4.41. The van der Waals surface area contributed by atoms with Crippen molar-refractivity contribution in [1.29, 1.82) is 0 Å². The Bertz CT molecular complexity index is 788. The molecule has 1 aliphatic rings. The number of sulfone groups is 1. The van der Waals surface area contributed by atoms with Crippen molar-refractivity contribution >= 4 is 9.84 Å². The number of nitrogens with two attached hydrogens (primary N) is 1. The Morgan fingerprint density at radius 3 is 2.62 bits per heavy atom. The topological polar surface area (TPSA) is 69.4 Å². The third-order valence-corrected chi connectivity index (χ3v) is 6.18. The Kier molecular flexibility index (Phi) is 5.33. The van der Waals surface area contributed by atoms with Crippen LogP contribution in [0, 0.1) is 0 Å². The fourth-order valence-corrected chi connectivity index (χ4v) is 4.44. The predicted molar refractivity (Wildman–Crippen MR) is 93.6 cm³/mol. The van der Waals surface area contributed by atoms with Crippen molar-refractivity contribution in [2.24, 2.45) is 5.73 Å². The highest BCUT2D eigenvalue weighted by molar-refractivity contribution is 7.91. The lowest BCUT2D eigenvalue weighted by Gasteiger charge is -2.26. The molecular weight excluding hydrogens is 322 g/mol. The Hall–Kier alpha value is -1.69. The summed E-state index contributed by atoms with van der Waals surface area (Å²) in [6.45, 7) is 1.21. The fourth-order valence-electron chi connectivity index (χ4n) is 3.12. The van der Waals surface area contributed by atoms with Gasteiger partial charge in [-0.25, -0.2) is 8.42 Å². The minimum absolute atomic E-state index is 0.0359. The maximum absolute atomic E-state index is 12.8. The third kappa shape index (κ3) is 3.53. The van der Waals surface area contributed by atoms with E-state index < -0.39 is 9.84 Å². The minimum Gasteiger partial charge on any atom is -0.373 e. The number of aryl methyl sites for hydroxylation is 1. The molecule has 0 heterocycles. The molecule has 1 unspecified atom stereocenters. The first-order valence-corrected chi connectivity index (χ1v) is 9.86. The first-order chi connectivity index (χ1) is 11.6. The van der Waals surface area contributed by atoms with E-state index in [9.17, 15) is 8.42 Å². The van der Waals surface area contributed by atoms with Crippen LogP contribution in [0.25, 0.3) is 0 Å². The smallest absolute Gasteiger partial charge is 0.206 e. The molecular formula is C19H23NO3S. The van der Waals surface area contributed by atoms with Crippen molar-refractivity contribution < 1.29 is 13.2 Å². The molecule has 1 atom stereocenters. The second kappa shape index (κ2) is 7.47. The molecule has 0 bridgehead atoms. The Labute approximate surface area is 143 Å². The zero-order valence-electron chi connectivity index (χ0n) is 13.6. The van der Waals surface area contributed by atoms with Gasteiger partial charge in [0.25, 0.3) is 0 Å². The van der Waals surface area contributed by atoms with Gasteiger partial charge in [-0.05, 0) is 67.6 Å². The molecule has 0 aliphatic heterocycles. The van der Waals surface area contributed by atoms with Crippen LogP contribution in [0.1, 0.15) is 36.5 Å². The highest BCUT2D eigenvalue weighted by atomic mass is 32.2. The maximum atomic E-state index is 12.8. The van der Waals surface area contributed by atoms with Crippen molar-refractivity contribution in [3.05, 3.63) is 59.7 Å². The fraction of sp³-hybridized carbons (Fsp3) is 0.368. The van der Waals surface area contributed by atoms with Crippen LogP contribution < -0.4 is 5.73 Å². The number of rotatable bonds is 6. The summed E-state index contributed by atoms with van der Waals surface area (Å²) < 4.78 is 31.6. The maximum Gasteiger partial charge on any atom is 0.206 e. The summed E-state index contributed by atoms with van der Waals surface area (Å²) in [5, 5.41) is 0. The minimum atomic E-state index is -3.50. The summed E-state index contributed by atoms with van der Waals surface area (Å²) in [6.07, 6.45) is 3.73. The number of fused-ring (bicyclic) bond motifs is 1. The summed E-state index contributed by atoms with van der Waals surface area (Å²) in [4.78, 5) is 0.656. The average Bonchev–Trinajstić information content (AvgIpc) is 2.62. The van der Waals surface area contributed by atoms with Crippen molar-refractivity contribution in [3.63, 3.8) is 0 Å². The first kappa shape index (κ1) is 17.1. The zero-order valence-corrected chi connectivity index (χ0v) is 14.5. The lowest BCUT2D eigenvalue weighted by atomic mass is 9.89. The summed E-state index contributed by atoms with van der Waals surface area (Å²) in [6, 6.07) is 14.0. The number of hydrogen-bond acceptors (Lipinski definition) is 4. The second-order valence-electron chi connectivity index (χ2n) is 6.07. The van der Waals surface area contributed by atoms with Crippen LogP contribution in [0.2, 0.25) is 0 Å². The molecule has 0 saturated heterocycles.